The number of hydrogen-bond acceptors (Lipinski definition) is 2. The lowest BCUT2D eigenvalue weighted by Crippen LogP contribution is -2.44. The maximum absolute atomic E-state index is 4.28. The van der Waals surface area contributed by atoms with Crippen molar-refractivity contribution in [1.29, 1.82) is 0 Å². The van der Waals surface area contributed by atoms with Gasteiger partial charge >= 0.3 is 0 Å². The van der Waals surface area contributed by atoms with Crippen molar-refractivity contribution < 1.29 is 0 Å². The van der Waals surface area contributed by atoms with Crippen molar-refractivity contribution in [2.24, 2.45) is 0 Å². The van der Waals surface area contributed by atoms with Crippen molar-refractivity contribution in [2.45, 2.75) is 59.0 Å². The molecule has 1 fully saturated rings. The molecule has 0 unspecified atom stereocenters. The highest BCUT2D eigenvalue weighted by atomic mass is 15.2. The van der Waals surface area contributed by atoms with Crippen LogP contribution in [0.15, 0.2) is 78.7 Å². The zero-order chi connectivity index (χ0) is 19.5. The van der Waals surface area contributed by atoms with E-state index in [-0.39, 0.29) is 0 Å². The highest BCUT2D eigenvalue weighted by Gasteiger charge is 2.34. The van der Waals surface area contributed by atoms with E-state index < -0.39 is 0 Å². The molecule has 0 spiro atoms. The molecule has 3 rings (SSSR count). The number of nitrogens with zero attached hydrogens (tertiary/aromatic N) is 2. The molecule has 2 nitrogen and oxygen atoms in total. The molecule has 0 aliphatic heterocycles. The van der Waals surface area contributed by atoms with Gasteiger partial charge in [0.05, 0.1) is 0 Å². The van der Waals surface area contributed by atoms with Gasteiger partial charge in [0.25, 0.3) is 0 Å². The summed E-state index contributed by atoms with van der Waals surface area (Å²) in [5, 5.41) is 0. The summed E-state index contributed by atoms with van der Waals surface area (Å²) < 4.78 is 0. The molecular weight excluding hydrogens is 328 g/mol. The Hall–Kier alpha value is -2.19. The van der Waals surface area contributed by atoms with E-state index in [1.54, 1.807) is 0 Å². The molecule has 2 heteroatoms. The van der Waals surface area contributed by atoms with Gasteiger partial charge in [-0.15, -0.1) is 0 Å². The van der Waals surface area contributed by atoms with Gasteiger partial charge in [-0.3, -0.25) is 9.88 Å². The molecule has 0 saturated heterocycles. The lowest BCUT2D eigenvalue weighted by Gasteiger charge is -2.43. The van der Waals surface area contributed by atoms with Crippen molar-refractivity contribution in [3.63, 3.8) is 0 Å². The quantitative estimate of drug-likeness (QED) is 0.531. The fourth-order valence-corrected chi connectivity index (χ4v) is 3.60. The van der Waals surface area contributed by atoms with Gasteiger partial charge in [-0.25, -0.2) is 0 Å². The molecule has 1 aromatic carbocycles. The summed E-state index contributed by atoms with van der Waals surface area (Å²) >= 11 is 0. The van der Waals surface area contributed by atoms with Gasteiger partial charge < -0.3 is 0 Å². The van der Waals surface area contributed by atoms with E-state index in [1.165, 1.54) is 29.5 Å². The van der Waals surface area contributed by atoms with Gasteiger partial charge in [-0.05, 0) is 55.4 Å². The minimum Gasteiger partial charge on any atom is -0.292 e. The first-order chi connectivity index (χ1) is 13.3. The van der Waals surface area contributed by atoms with Crippen LogP contribution in [-0.2, 0) is 6.54 Å². The maximum Gasteiger partial charge on any atom is 0.0302 e. The van der Waals surface area contributed by atoms with Crippen molar-refractivity contribution in [2.75, 3.05) is 6.54 Å². The monoisotopic (exact) mass is 362 g/mol. The van der Waals surface area contributed by atoms with Crippen LogP contribution in [0, 0.1) is 0 Å². The summed E-state index contributed by atoms with van der Waals surface area (Å²) in [6.07, 6.45) is 12.9. The molecule has 1 aliphatic carbocycles. The molecule has 0 bridgehead atoms. The highest BCUT2D eigenvalue weighted by Crippen LogP contribution is 2.40. The molecule has 2 aromatic rings. The highest BCUT2D eigenvalue weighted by molar-refractivity contribution is 5.23. The third-order valence-corrected chi connectivity index (χ3v) is 5.15. The van der Waals surface area contributed by atoms with Gasteiger partial charge in [0.2, 0.25) is 0 Å². The lowest BCUT2D eigenvalue weighted by molar-refractivity contribution is 0.112. The van der Waals surface area contributed by atoms with Crippen LogP contribution in [0.5, 0.6) is 0 Å². The zero-order valence-electron chi connectivity index (χ0n) is 17.3. The fourth-order valence-electron chi connectivity index (χ4n) is 3.60. The summed E-state index contributed by atoms with van der Waals surface area (Å²) in [5.74, 6) is 0.660. The van der Waals surface area contributed by atoms with E-state index in [2.05, 4.69) is 78.4 Å². The Bertz CT molecular complexity index is 698. The van der Waals surface area contributed by atoms with Crippen molar-refractivity contribution >= 4 is 0 Å². The summed E-state index contributed by atoms with van der Waals surface area (Å²) in [6, 6.07) is 15.7. The Kier molecular flexibility index (Phi) is 9.00. The van der Waals surface area contributed by atoms with Crippen LogP contribution in [0.2, 0.25) is 0 Å². The Labute approximate surface area is 165 Å². The van der Waals surface area contributed by atoms with Crippen molar-refractivity contribution in [3.05, 3.63) is 89.8 Å². The SMILES string of the molecule is C/C=C\C(=C/C)CN(Cc1ccccc1)C1CC(c2cccnc2)C1.CC. The normalized spacial score (nSPS) is 19.5. The molecule has 0 N–H and O–H groups in total. The van der Waals surface area contributed by atoms with Gasteiger partial charge in [-0.1, -0.05) is 68.5 Å². The van der Waals surface area contributed by atoms with Gasteiger partial charge in [0.1, 0.15) is 0 Å². The molecule has 0 atom stereocenters. The van der Waals surface area contributed by atoms with E-state index >= 15 is 0 Å². The first kappa shape index (κ1) is 21.1. The van der Waals surface area contributed by atoms with Crippen LogP contribution >= 0.6 is 0 Å². The van der Waals surface area contributed by atoms with Crippen molar-refractivity contribution in [3.8, 4) is 0 Å². The molecule has 144 valence electrons. The minimum atomic E-state index is 0.644. The number of benzene rings is 1. The second-order valence-corrected chi connectivity index (χ2v) is 6.86. The van der Waals surface area contributed by atoms with E-state index in [1.807, 2.05) is 32.3 Å². The number of hydrogen-bond donors (Lipinski definition) is 0. The minimum absolute atomic E-state index is 0.644. The lowest BCUT2D eigenvalue weighted by atomic mass is 9.75. The summed E-state index contributed by atoms with van der Waals surface area (Å²) in [7, 11) is 0. The summed E-state index contributed by atoms with van der Waals surface area (Å²) in [5.41, 5.74) is 4.17. The molecule has 0 radical (unpaired) electrons. The second kappa shape index (κ2) is 11.5. The number of rotatable bonds is 7. The first-order valence-corrected chi connectivity index (χ1v) is 10.3. The molecule has 1 heterocycles. The number of aromatic nitrogens is 1. The van der Waals surface area contributed by atoms with Crippen LogP contribution in [0.25, 0.3) is 0 Å². The average Bonchev–Trinajstić information content (AvgIpc) is 2.69. The van der Waals surface area contributed by atoms with Gasteiger partial charge in [0, 0.05) is 31.5 Å². The Morgan fingerprint density at radius 3 is 2.41 bits per heavy atom. The van der Waals surface area contributed by atoms with Crippen LogP contribution in [0.3, 0.4) is 0 Å². The van der Waals surface area contributed by atoms with Gasteiger partial charge in [0.15, 0.2) is 0 Å². The molecule has 1 aliphatic rings. The average molecular weight is 363 g/mol. The second-order valence-electron chi connectivity index (χ2n) is 6.86. The van der Waals surface area contributed by atoms with Crippen LogP contribution in [-0.4, -0.2) is 22.5 Å². The standard InChI is InChI=1S/C23H28N2.C2H6/c1-3-9-19(4-2)17-25(18-20-10-6-5-7-11-20)23-14-22(15-23)21-12-8-13-24-16-21;1-2/h3-13,16,22-23H,14-15,17-18H2,1-2H3;1-2H3/b9-3-,19-4+;. The maximum atomic E-state index is 4.28. The molecule has 27 heavy (non-hydrogen) atoms. The summed E-state index contributed by atoms with van der Waals surface area (Å²) in [6.45, 7) is 10.3. The Balaban J connectivity index is 0.00000126. The molecule has 1 saturated carbocycles. The fraction of sp³-hybridized carbons (Fsp3) is 0.400. The summed E-state index contributed by atoms with van der Waals surface area (Å²) in [4.78, 5) is 6.92. The first-order valence-electron chi connectivity index (χ1n) is 10.3. The topological polar surface area (TPSA) is 16.1 Å². The Morgan fingerprint density at radius 2 is 1.81 bits per heavy atom. The van der Waals surface area contributed by atoms with E-state index in [0.717, 1.165) is 13.1 Å². The largest absolute Gasteiger partial charge is 0.292 e. The van der Waals surface area contributed by atoms with Crippen LogP contribution in [0.4, 0.5) is 0 Å². The van der Waals surface area contributed by atoms with E-state index in [4.69, 9.17) is 0 Å². The van der Waals surface area contributed by atoms with E-state index in [0.29, 0.717) is 12.0 Å². The predicted octanol–water partition coefficient (Wildman–Crippen LogP) is 6.38. The number of allylic oxidation sites excluding steroid dienone is 2. The van der Waals surface area contributed by atoms with Crippen LogP contribution < -0.4 is 0 Å². The van der Waals surface area contributed by atoms with Crippen LogP contribution in [0.1, 0.15) is 57.6 Å². The molecular formula is C25H34N2. The number of pyridine rings is 1. The third kappa shape index (κ3) is 6.18. The van der Waals surface area contributed by atoms with E-state index in [9.17, 15) is 0 Å². The van der Waals surface area contributed by atoms with Gasteiger partial charge in [-0.2, -0.15) is 0 Å². The Morgan fingerprint density at radius 1 is 1.07 bits per heavy atom. The molecule has 0 amide bonds. The third-order valence-electron chi connectivity index (χ3n) is 5.15. The van der Waals surface area contributed by atoms with Crippen molar-refractivity contribution in [1.82, 2.24) is 9.88 Å². The smallest absolute Gasteiger partial charge is 0.0302 e. The predicted molar refractivity (Wildman–Crippen MR) is 117 cm³/mol. The molecule has 1 aromatic heterocycles. The zero-order valence-corrected chi connectivity index (χ0v) is 17.3.